The number of anilines is 2. The second-order valence-corrected chi connectivity index (χ2v) is 15.5. The van der Waals surface area contributed by atoms with Crippen molar-refractivity contribution in [2.45, 2.75) is 63.1 Å². The molecule has 2 fully saturated rings. The van der Waals surface area contributed by atoms with Crippen LogP contribution in [0.15, 0.2) is 48.5 Å². The first-order valence-corrected chi connectivity index (χ1v) is 16.7. The predicted molar refractivity (Wildman–Crippen MR) is 149 cm³/mol. The first kappa shape index (κ1) is 27.0. The molecule has 5 rings (SSSR count). The van der Waals surface area contributed by atoms with Gasteiger partial charge in [-0.15, -0.1) is 0 Å². The fraction of sp³-hybridized carbons (Fsp3) is 0.517. The molecule has 1 unspecified atom stereocenters. The van der Waals surface area contributed by atoms with E-state index in [4.69, 9.17) is 4.74 Å². The van der Waals surface area contributed by atoms with E-state index in [0.717, 1.165) is 36.2 Å². The number of para-hydroxylation sites is 1. The zero-order valence-corrected chi connectivity index (χ0v) is 23.4. The molecule has 0 aromatic heterocycles. The quantitative estimate of drug-likeness (QED) is 0.403. The molecule has 0 bridgehead atoms. The molecule has 0 saturated carbocycles. The number of hydrogen-bond acceptors (Lipinski definition) is 6. The molecule has 8 nitrogen and oxygen atoms in total. The maximum atomic E-state index is 14.3. The molecule has 1 spiro atoms. The van der Waals surface area contributed by atoms with Crippen LogP contribution in [-0.4, -0.2) is 55.8 Å². The fourth-order valence-corrected chi connectivity index (χ4v) is 9.44. The van der Waals surface area contributed by atoms with Crippen molar-refractivity contribution in [2.75, 3.05) is 29.9 Å². The minimum atomic E-state index is -2.72. The van der Waals surface area contributed by atoms with Gasteiger partial charge in [-0.25, -0.2) is 0 Å². The maximum Gasteiger partial charge on any atom is 0.264 e. The van der Waals surface area contributed by atoms with Crippen LogP contribution in [0, 0.1) is 11.8 Å². The normalized spacial score (nSPS) is 29.1. The Morgan fingerprint density at radius 1 is 1.24 bits per heavy atom. The van der Waals surface area contributed by atoms with Gasteiger partial charge in [-0.3, -0.25) is 9.59 Å². The number of aliphatic hydroxyl groups excluding tert-OH is 1. The number of fused-ring (bicyclic) bond motifs is 2. The average molecular weight is 538 g/mol. The Morgan fingerprint density at radius 3 is 2.74 bits per heavy atom. The number of benzene rings is 2. The van der Waals surface area contributed by atoms with Gasteiger partial charge in [0, 0.05) is 35.9 Å². The van der Waals surface area contributed by atoms with Crippen LogP contribution < -0.4 is 15.5 Å². The molecule has 2 aromatic rings. The van der Waals surface area contributed by atoms with Gasteiger partial charge in [-0.1, -0.05) is 37.3 Å². The molecule has 5 atom stereocenters. The molecule has 3 heterocycles. The molecule has 2 saturated heterocycles. The van der Waals surface area contributed by atoms with Crippen molar-refractivity contribution in [2.24, 2.45) is 11.8 Å². The summed E-state index contributed by atoms with van der Waals surface area (Å²) in [6.07, 6.45) is 1.85. The largest absolute Gasteiger partial charge is 0.432 e. The third-order valence-electron chi connectivity index (χ3n) is 8.51. The van der Waals surface area contributed by atoms with E-state index in [2.05, 4.69) is 10.6 Å². The maximum absolute atomic E-state index is 14.3. The second kappa shape index (κ2) is 10.5. The molecule has 0 radical (unpaired) electrons. The van der Waals surface area contributed by atoms with Gasteiger partial charge in [-0.2, -0.15) is 0 Å². The van der Waals surface area contributed by atoms with Gasteiger partial charge < -0.3 is 30.2 Å². The van der Waals surface area contributed by atoms with Crippen molar-refractivity contribution in [3.63, 3.8) is 0 Å². The number of nitrogens with one attached hydrogen (secondary N) is 2. The van der Waals surface area contributed by atoms with Crippen LogP contribution in [-0.2, 0) is 26.5 Å². The Labute approximate surface area is 225 Å². The molecule has 3 aliphatic heterocycles. The lowest BCUT2D eigenvalue weighted by Crippen LogP contribution is -2.46. The highest BCUT2D eigenvalue weighted by Crippen LogP contribution is 2.59. The second-order valence-electron chi connectivity index (χ2n) is 11.5. The van der Waals surface area contributed by atoms with Gasteiger partial charge in [0.1, 0.15) is 0 Å². The Balaban J connectivity index is 1.43. The molecule has 4 N–H and O–H groups in total. The van der Waals surface area contributed by atoms with Crippen LogP contribution in [0.3, 0.4) is 0 Å². The van der Waals surface area contributed by atoms with Gasteiger partial charge in [-0.05, 0) is 62.7 Å². The lowest BCUT2D eigenvalue weighted by atomic mass is 9.82. The van der Waals surface area contributed by atoms with Gasteiger partial charge in [0.2, 0.25) is 5.91 Å². The third-order valence-corrected chi connectivity index (χ3v) is 11.0. The standard InChI is InChI=1S/C29H39N3O5Si/c1-19-26(38(2,3)36)25(13-15-33)37-29(19)23-11-4-5-12-24(23)32(28(29)35)18-20-8-6-10-22(16-20)31-27(34)21-9-7-14-30-17-21/h4-6,8,10-12,16,19,21,25-26,30,33,36H,7,9,13-15,17-18H2,1-3H3,(H,31,34)/t19-,21?,25+,26-,29+/m1/s1. The summed E-state index contributed by atoms with van der Waals surface area (Å²) in [7, 11) is -2.72. The Kier molecular flexibility index (Phi) is 7.50. The number of hydrogen-bond donors (Lipinski definition) is 4. The Morgan fingerprint density at radius 2 is 2.03 bits per heavy atom. The summed E-state index contributed by atoms with van der Waals surface area (Å²) in [5.41, 5.74) is 1.83. The van der Waals surface area contributed by atoms with Crippen LogP contribution in [0.4, 0.5) is 11.4 Å². The van der Waals surface area contributed by atoms with E-state index in [-0.39, 0.29) is 35.8 Å². The van der Waals surface area contributed by atoms with Crippen LogP contribution in [0.25, 0.3) is 0 Å². The summed E-state index contributed by atoms with van der Waals surface area (Å²) in [4.78, 5) is 40.0. The number of carbonyl (C=O) groups excluding carboxylic acids is 2. The van der Waals surface area contributed by atoms with E-state index < -0.39 is 20.0 Å². The lowest BCUT2D eigenvalue weighted by Gasteiger charge is -2.32. The van der Waals surface area contributed by atoms with Crippen LogP contribution >= 0.6 is 0 Å². The molecule has 38 heavy (non-hydrogen) atoms. The van der Waals surface area contributed by atoms with E-state index in [1.165, 1.54) is 0 Å². The van der Waals surface area contributed by atoms with Crippen molar-refractivity contribution < 1.29 is 24.2 Å². The summed E-state index contributed by atoms with van der Waals surface area (Å²) >= 11 is 0. The van der Waals surface area contributed by atoms with Crippen molar-refractivity contribution in [3.05, 3.63) is 59.7 Å². The van der Waals surface area contributed by atoms with Crippen molar-refractivity contribution in [1.82, 2.24) is 5.32 Å². The van der Waals surface area contributed by atoms with E-state index in [9.17, 15) is 19.5 Å². The molecule has 2 amide bonds. The van der Waals surface area contributed by atoms with E-state index in [1.807, 2.05) is 68.5 Å². The van der Waals surface area contributed by atoms with Crippen LogP contribution in [0.1, 0.15) is 37.3 Å². The zero-order chi connectivity index (χ0) is 27.1. The zero-order valence-electron chi connectivity index (χ0n) is 22.4. The highest BCUT2D eigenvalue weighted by molar-refractivity contribution is 6.71. The average Bonchev–Trinajstić information content (AvgIpc) is 3.32. The summed E-state index contributed by atoms with van der Waals surface area (Å²) in [6, 6.07) is 15.4. The van der Waals surface area contributed by atoms with E-state index in [1.54, 1.807) is 4.90 Å². The summed E-state index contributed by atoms with van der Waals surface area (Å²) < 4.78 is 6.61. The number of ether oxygens (including phenoxy) is 1. The highest BCUT2D eigenvalue weighted by atomic mass is 28.4. The van der Waals surface area contributed by atoms with Gasteiger partial charge in [0.05, 0.1) is 24.3 Å². The number of nitrogens with zero attached hydrogens (tertiary/aromatic N) is 1. The molecule has 3 aliphatic rings. The van der Waals surface area contributed by atoms with E-state index in [0.29, 0.717) is 25.2 Å². The van der Waals surface area contributed by atoms with Gasteiger partial charge in [0.15, 0.2) is 13.9 Å². The number of piperidine rings is 1. The Hall–Kier alpha value is -2.56. The minimum Gasteiger partial charge on any atom is -0.432 e. The van der Waals surface area contributed by atoms with Crippen LogP contribution in [0.2, 0.25) is 18.6 Å². The summed E-state index contributed by atoms with van der Waals surface area (Å²) in [6.45, 7) is 7.67. The molecular weight excluding hydrogens is 498 g/mol. The molecular formula is C29H39N3O5Si. The van der Waals surface area contributed by atoms with Crippen LogP contribution in [0.5, 0.6) is 0 Å². The third kappa shape index (κ3) is 4.71. The minimum absolute atomic E-state index is 0.0147. The Bertz CT molecular complexity index is 1190. The summed E-state index contributed by atoms with van der Waals surface area (Å²) in [5.74, 6) is -0.419. The number of carbonyl (C=O) groups is 2. The van der Waals surface area contributed by atoms with Gasteiger partial charge >= 0.3 is 0 Å². The molecule has 9 heteroatoms. The number of aliphatic hydroxyl groups is 1. The fourth-order valence-electron chi connectivity index (χ4n) is 6.84. The molecule has 204 valence electrons. The van der Waals surface area contributed by atoms with E-state index >= 15 is 0 Å². The first-order chi connectivity index (χ1) is 18.2. The lowest BCUT2D eigenvalue weighted by molar-refractivity contribution is -0.146. The van der Waals surface area contributed by atoms with Crippen molar-refractivity contribution in [3.8, 4) is 0 Å². The van der Waals surface area contributed by atoms with Gasteiger partial charge in [0.25, 0.3) is 5.91 Å². The number of amides is 2. The van der Waals surface area contributed by atoms with Crippen molar-refractivity contribution in [1.29, 1.82) is 0 Å². The first-order valence-electron chi connectivity index (χ1n) is 13.7. The smallest absolute Gasteiger partial charge is 0.264 e. The molecule has 0 aliphatic carbocycles. The predicted octanol–water partition coefficient (Wildman–Crippen LogP) is 3.35. The topological polar surface area (TPSA) is 111 Å². The SMILES string of the molecule is C[C@@H]1[C@@H]([Si](C)(C)O)[C@H](CCO)O[C@@]12C(=O)N(Cc1cccc(NC(=O)C3CCCNC3)c1)c1ccccc12. The number of rotatable bonds is 7. The molecule has 2 aromatic carbocycles. The summed E-state index contributed by atoms with van der Waals surface area (Å²) in [5, 5.41) is 16.1. The monoisotopic (exact) mass is 537 g/mol. The van der Waals surface area contributed by atoms with Crippen molar-refractivity contribution >= 4 is 31.5 Å². The highest BCUT2D eigenvalue weighted by Gasteiger charge is 2.65.